The van der Waals surface area contributed by atoms with Crippen molar-refractivity contribution in [2.24, 2.45) is 0 Å². The number of pyridine rings is 1. The van der Waals surface area contributed by atoms with E-state index in [1.807, 2.05) is 12.1 Å². The average Bonchev–Trinajstić information content (AvgIpc) is 2.48. The maximum absolute atomic E-state index is 13.1. The Morgan fingerprint density at radius 1 is 1.18 bits per heavy atom. The van der Waals surface area contributed by atoms with Gasteiger partial charge in [-0.1, -0.05) is 12.1 Å². The van der Waals surface area contributed by atoms with Gasteiger partial charge in [0.2, 0.25) is 0 Å². The summed E-state index contributed by atoms with van der Waals surface area (Å²) in [7, 11) is -3.60. The lowest BCUT2D eigenvalue weighted by atomic mass is 9.91. The third-order valence-electron chi connectivity index (χ3n) is 3.95. The molecule has 0 fully saturated rings. The molecule has 1 aliphatic carbocycles. The van der Waals surface area contributed by atoms with Crippen molar-refractivity contribution in [2.45, 2.75) is 33.1 Å². The summed E-state index contributed by atoms with van der Waals surface area (Å²) < 4.78 is 23.9. The van der Waals surface area contributed by atoms with Gasteiger partial charge in [0.15, 0.2) is 0 Å². The fourth-order valence-electron chi connectivity index (χ4n) is 3.20. The van der Waals surface area contributed by atoms with Gasteiger partial charge >= 0.3 is 7.60 Å². The fourth-order valence-corrected chi connectivity index (χ4v) is 5.07. The first-order chi connectivity index (χ1) is 10.6. The van der Waals surface area contributed by atoms with Crippen molar-refractivity contribution in [1.29, 1.82) is 0 Å². The van der Waals surface area contributed by atoms with Crippen LogP contribution in [0.3, 0.4) is 0 Å². The average molecular weight is 321 g/mol. The maximum atomic E-state index is 13.1. The normalized spacial score (nSPS) is 14.5. The number of hydrogen-bond acceptors (Lipinski definition) is 4. The highest BCUT2D eigenvalue weighted by molar-refractivity contribution is 7.62. The summed E-state index contributed by atoms with van der Waals surface area (Å²) in [6.45, 7) is 3.96. The number of H-pyrrole nitrogens is 1. The standard InChI is InChI=1S/C16H20NO4P/c1-3-20-22(19,21-4-2)15-12-9-5-7-11-8-6-10-13(14(11)12)17-16(15)18/h6,8,10H,3-5,7,9H2,1-2H3,(H,17,18). The second kappa shape index (κ2) is 5.99. The third-order valence-corrected chi connectivity index (χ3v) is 6.16. The number of aromatic amines is 1. The van der Waals surface area contributed by atoms with Crippen molar-refractivity contribution in [1.82, 2.24) is 4.98 Å². The van der Waals surface area contributed by atoms with Crippen LogP contribution in [0.15, 0.2) is 23.0 Å². The van der Waals surface area contributed by atoms with Crippen molar-refractivity contribution in [3.8, 4) is 0 Å². The van der Waals surface area contributed by atoms with Crippen LogP contribution in [-0.4, -0.2) is 18.2 Å². The lowest BCUT2D eigenvalue weighted by Crippen LogP contribution is -2.34. The molecule has 0 saturated carbocycles. The molecular weight excluding hydrogens is 301 g/mol. The molecule has 3 rings (SSSR count). The molecule has 1 aromatic carbocycles. The molecule has 0 bridgehead atoms. The fraction of sp³-hybridized carbons (Fsp3) is 0.438. The van der Waals surface area contributed by atoms with Crippen LogP contribution in [0.4, 0.5) is 0 Å². The van der Waals surface area contributed by atoms with E-state index in [2.05, 4.69) is 11.1 Å². The molecular formula is C16H20NO4P. The van der Waals surface area contributed by atoms with Crippen molar-refractivity contribution in [3.05, 3.63) is 39.7 Å². The molecule has 0 spiro atoms. The summed E-state index contributed by atoms with van der Waals surface area (Å²) in [5.41, 5.74) is 2.42. The lowest BCUT2D eigenvalue weighted by molar-refractivity contribution is 0.229. The first-order valence-electron chi connectivity index (χ1n) is 7.67. The summed E-state index contributed by atoms with van der Waals surface area (Å²) in [6, 6.07) is 5.87. The van der Waals surface area contributed by atoms with E-state index >= 15 is 0 Å². The zero-order chi connectivity index (χ0) is 15.7. The quantitative estimate of drug-likeness (QED) is 0.860. The van der Waals surface area contributed by atoms with E-state index in [9.17, 15) is 9.36 Å². The summed E-state index contributed by atoms with van der Waals surface area (Å²) in [5, 5.41) is 1.19. The van der Waals surface area contributed by atoms with Crippen LogP contribution in [0.25, 0.3) is 10.9 Å². The molecule has 5 nitrogen and oxygen atoms in total. The molecule has 0 amide bonds. The number of benzene rings is 1. The van der Waals surface area contributed by atoms with E-state index in [0.29, 0.717) is 0 Å². The number of aromatic nitrogens is 1. The number of aryl methyl sites for hydroxylation is 2. The van der Waals surface area contributed by atoms with Gasteiger partial charge in [-0.25, -0.2) is 0 Å². The smallest absolute Gasteiger partial charge is 0.321 e. The zero-order valence-electron chi connectivity index (χ0n) is 12.8. The number of nitrogens with one attached hydrogen (secondary N) is 1. The minimum Gasteiger partial charge on any atom is -0.321 e. The van der Waals surface area contributed by atoms with E-state index in [4.69, 9.17) is 9.05 Å². The molecule has 1 heterocycles. The van der Waals surface area contributed by atoms with Crippen LogP contribution in [0.5, 0.6) is 0 Å². The number of hydrogen-bond donors (Lipinski definition) is 1. The van der Waals surface area contributed by atoms with Gasteiger partial charge in [0.1, 0.15) is 5.30 Å². The highest BCUT2D eigenvalue weighted by atomic mass is 31.2. The summed E-state index contributed by atoms with van der Waals surface area (Å²) >= 11 is 0. The molecule has 2 aromatic rings. The molecule has 0 radical (unpaired) electrons. The Labute approximate surface area is 129 Å². The van der Waals surface area contributed by atoms with Crippen LogP contribution in [0.2, 0.25) is 0 Å². The van der Waals surface area contributed by atoms with Gasteiger partial charge in [0.25, 0.3) is 5.56 Å². The molecule has 0 atom stereocenters. The summed E-state index contributed by atoms with van der Waals surface area (Å²) in [5.74, 6) is 0. The molecule has 1 N–H and O–H groups in total. The molecule has 1 aromatic heterocycles. The van der Waals surface area contributed by atoms with Crippen LogP contribution in [0.1, 0.15) is 31.4 Å². The van der Waals surface area contributed by atoms with Gasteiger partial charge in [-0.15, -0.1) is 0 Å². The highest BCUT2D eigenvalue weighted by Gasteiger charge is 2.35. The topological polar surface area (TPSA) is 68.4 Å². The Balaban J connectivity index is 2.35. The van der Waals surface area contributed by atoms with Gasteiger partial charge < -0.3 is 14.0 Å². The van der Waals surface area contributed by atoms with Gasteiger partial charge in [0, 0.05) is 10.9 Å². The molecule has 1 aliphatic rings. The Morgan fingerprint density at radius 3 is 2.59 bits per heavy atom. The third kappa shape index (κ3) is 2.43. The van der Waals surface area contributed by atoms with Gasteiger partial charge in [-0.3, -0.25) is 9.36 Å². The monoisotopic (exact) mass is 321 g/mol. The Kier molecular flexibility index (Phi) is 4.22. The molecule has 6 heteroatoms. The SMILES string of the molecule is CCOP(=O)(OCC)c1c2c3c(cccc3[nH]c1=O)CCC2. The minimum absolute atomic E-state index is 0.191. The second-order valence-corrected chi connectivity index (χ2v) is 7.27. The van der Waals surface area contributed by atoms with Gasteiger partial charge in [0.05, 0.1) is 13.2 Å². The van der Waals surface area contributed by atoms with Crippen LogP contribution in [0, 0.1) is 0 Å². The predicted octanol–water partition coefficient (Wildman–Crippen LogP) is 2.91. The Bertz CT molecular complexity index is 802. The predicted molar refractivity (Wildman–Crippen MR) is 87.1 cm³/mol. The van der Waals surface area contributed by atoms with E-state index in [1.54, 1.807) is 13.8 Å². The Morgan fingerprint density at radius 2 is 1.91 bits per heavy atom. The molecule has 0 saturated heterocycles. The first kappa shape index (κ1) is 15.5. The van der Waals surface area contributed by atoms with Crippen molar-refractivity contribution >= 4 is 23.8 Å². The van der Waals surface area contributed by atoms with Crippen LogP contribution >= 0.6 is 7.60 Å². The summed E-state index contributed by atoms with van der Waals surface area (Å²) in [6.07, 6.45) is 2.61. The number of rotatable bonds is 5. The Hall–Kier alpha value is -1.42. The molecule has 118 valence electrons. The van der Waals surface area contributed by atoms with Crippen molar-refractivity contribution in [2.75, 3.05) is 13.2 Å². The maximum Gasteiger partial charge on any atom is 0.367 e. The van der Waals surface area contributed by atoms with Crippen LogP contribution in [-0.2, 0) is 26.5 Å². The molecule has 22 heavy (non-hydrogen) atoms. The van der Waals surface area contributed by atoms with Crippen molar-refractivity contribution in [3.63, 3.8) is 0 Å². The van der Waals surface area contributed by atoms with E-state index < -0.39 is 7.60 Å². The van der Waals surface area contributed by atoms with Gasteiger partial charge in [-0.2, -0.15) is 0 Å². The van der Waals surface area contributed by atoms with Crippen molar-refractivity contribution < 1.29 is 13.6 Å². The van der Waals surface area contributed by atoms with Gasteiger partial charge in [-0.05, 0) is 50.3 Å². The molecule has 0 aliphatic heterocycles. The largest absolute Gasteiger partial charge is 0.367 e. The first-order valence-corrected chi connectivity index (χ1v) is 9.21. The highest BCUT2D eigenvalue weighted by Crippen LogP contribution is 2.48. The van der Waals surface area contributed by atoms with E-state index in [1.165, 1.54) is 5.56 Å². The molecule has 0 unspecified atom stereocenters. The second-order valence-electron chi connectivity index (χ2n) is 5.31. The summed E-state index contributed by atoms with van der Waals surface area (Å²) in [4.78, 5) is 15.4. The zero-order valence-corrected chi connectivity index (χ0v) is 13.7. The lowest BCUT2D eigenvalue weighted by Gasteiger charge is -2.23. The van der Waals surface area contributed by atoms with E-state index in [-0.39, 0.29) is 24.1 Å². The minimum atomic E-state index is -3.60. The van der Waals surface area contributed by atoms with E-state index in [0.717, 1.165) is 35.7 Å². The van der Waals surface area contributed by atoms with Crippen LogP contribution < -0.4 is 10.9 Å².